The monoisotopic (exact) mass is 477 g/mol. The third kappa shape index (κ3) is 7.60. The van der Waals surface area contributed by atoms with Gasteiger partial charge in [-0.3, -0.25) is 4.79 Å². The lowest BCUT2D eigenvalue weighted by Gasteiger charge is -2.23. The zero-order chi connectivity index (χ0) is 22.8. The van der Waals surface area contributed by atoms with Gasteiger partial charge in [0.05, 0.1) is 0 Å². The van der Waals surface area contributed by atoms with Crippen LogP contribution in [0.1, 0.15) is 69.4 Å². The van der Waals surface area contributed by atoms with E-state index in [0.717, 1.165) is 35.5 Å². The molecule has 1 aliphatic heterocycles. The van der Waals surface area contributed by atoms with Gasteiger partial charge in [0.2, 0.25) is 12.7 Å². The summed E-state index contributed by atoms with van der Waals surface area (Å²) in [5.74, 6) is 1.67. The maximum Gasteiger partial charge on any atom is 0.231 e. The Morgan fingerprint density at radius 3 is 2.47 bits per heavy atom. The zero-order valence-corrected chi connectivity index (χ0v) is 20.4. The smallest absolute Gasteiger partial charge is 0.231 e. The first-order valence-electron chi connectivity index (χ1n) is 11.7. The summed E-state index contributed by atoms with van der Waals surface area (Å²) in [6.07, 6.45) is 9.62. The van der Waals surface area contributed by atoms with E-state index in [4.69, 9.17) is 32.7 Å². The van der Waals surface area contributed by atoms with Gasteiger partial charge in [-0.15, -0.1) is 0 Å². The van der Waals surface area contributed by atoms with E-state index >= 15 is 0 Å². The van der Waals surface area contributed by atoms with Crippen molar-refractivity contribution in [1.29, 1.82) is 0 Å². The number of rotatable bonds is 13. The molecule has 0 aliphatic carbocycles. The van der Waals surface area contributed by atoms with Gasteiger partial charge in [-0.2, -0.15) is 0 Å². The summed E-state index contributed by atoms with van der Waals surface area (Å²) in [4.78, 5) is 15.0. The molecule has 174 valence electrons. The molecule has 4 nitrogen and oxygen atoms in total. The average molecular weight is 478 g/mol. The third-order valence-corrected chi connectivity index (χ3v) is 6.41. The predicted molar refractivity (Wildman–Crippen MR) is 131 cm³/mol. The van der Waals surface area contributed by atoms with Gasteiger partial charge < -0.3 is 14.4 Å². The maximum absolute atomic E-state index is 13.1. The van der Waals surface area contributed by atoms with Crippen molar-refractivity contribution in [1.82, 2.24) is 4.90 Å². The highest BCUT2D eigenvalue weighted by Gasteiger charge is 2.18. The molecular weight excluding hydrogens is 445 g/mol. The van der Waals surface area contributed by atoms with Gasteiger partial charge in [0.25, 0.3) is 0 Å². The Labute approximate surface area is 201 Å². The van der Waals surface area contributed by atoms with Crippen LogP contribution in [0.25, 0.3) is 0 Å². The van der Waals surface area contributed by atoms with Crippen LogP contribution in [0.15, 0.2) is 36.4 Å². The molecule has 0 saturated carbocycles. The van der Waals surface area contributed by atoms with Crippen LogP contribution in [0.3, 0.4) is 0 Å². The largest absolute Gasteiger partial charge is 0.454 e. The van der Waals surface area contributed by atoms with Crippen LogP contribution in [-0.4, -0.2) is 24.1 Å². The van der Waals surface area contributed by atoms with Crippen molar-refractivity contribution in [2.24, 2.45) is 0 Å². The Morgan fingerprint density at radius 2 is 1.69 bits per heavy atom. The molecule has 2 aromatic rings. The summed E-state index contributed by atoms with van der Waals surface area (Å²) in [6, 6.07) is 11.4. The maximum atomic E-state index is 13.1. The van der Waals surface area contributed by atoms with E-state index in [1.807, 2.05) is 35.2 Å². The quantitative estimate of drug-likeness (QED) is 0.281. The minimum Gasteiger partial charge on any atom is -0.454 e. The highest BCUT2D eigenvalue weighted by molar-refractivity contribution is 6.35. The van der Waals surface area contributed by atoms with Crippen molar-refractivity contribution in [3.8, 4) is 11.5 Å². The fraction of sp³-hybridized carbons (Fsp3) is 0.500. The van der Waals surface area contributed by atoms with Crippen LogP contribution in [0.4, 0.5) is 0 Å². The normalized spacial score (nSPS) is 12.2. The van der Waals surface area contributed by atoms with E-state index in [0.29, 0.717) is 36.0 Å². The van der Waals surface area contributed by atoms with Crippen molar-refractivity contribution in [3.63, 3.8) is 0 Å². The van der Waals surface area contributed by atoms with Gasteiger partial charge in [0, 0.05) is 29.6 Å². The molecule has 0 spiro atoms. The lowest BCUT2D eigenvalue weighted by Crippen LogP contribution is -2.32. The Kier molecular flexibility index (Phi) is 10.0. The fourth-order valence-electron chi connectivity index (χ4n) is 3.92. The van der Waals surface area contributed by atoms with Crippen LogP contribution in [0, 0.1) is 0 Å². The number of benzene rings is 2. The van der Waals surface area contributed by atoms with Crippen LogP contribution in [0.2, 0.25) is 10.0 Å². The van der Waals surface area contributed by atoms with Crippen molar-refractivity contribution in [2.75, 3.05) is 13.3 Å². The highest BCUT2D eigenvalue weighted by Crippen LogP contribution is 2.33. The van der Waals surface area contributed by atoms with E-state index in [1.165, 1.54) is 32.1 Å². The van der Waals surface area contributed by atoms with Crippen molar-refractivity contribution < 1.29 is 14.3 Å². The topological polar surface area (TPSA) is 38.8 Å². The zero-order valence-electron chi connectivity index (χ0n) is 18.9. The number of ether oxygens (including phenoxy) is 2. The molecule has 1 heterocycles. The number of carbonyl (C=O) groups excluding carboxylic acids is 1. The van der Waals surface area contributed by atoms with Crippen LogP contribution < -0.4 is 9.47 Å². The molecule has 0 unspecified atom stereocenters. The standard InChI is InChI=1S/C26H33Cl2NO3/c1-2-3-4-5-6-7-8-9-26(30)29(15-14-21-11-12-22(27)17-23(21)28)18-20-10-13-24-25(16-20)32-19-31-24/h10-13,16-17H,2-9,14-15,18-19H2,1H3. The molecule has 0 aromatic heterocycles. The van der Waals surface area contributed by atoms with E-state index in [-0.39, 0.29) is 12.7 Å². The predicted octanol–water partition coefficient (Wildman–Crippen LogP) is 7.43. The van der Waals surface area contributed by atoms with Crippen molar-refractivity contribution >= 4 is 29.1 Å². The first kappa shape index (κ1) is 24.7. The molecule has 1 amide bonds. The van der Waals surface area contributed by atoms with Crippen molar-refractivity contribution in [3.05, 3.63) is 57.6 Å². The number of halogens is 2. The van der Waals surface area contributed by atoms with Gasteiger partial charge in [0.1, 0.15) is 0 Å². The molecule has 6 heteroatoms. The Hall–Kier alpha value is -1.91. The number of fused-ring (bicyclic) bond motifs is 1. The van der Waals surface area contributed by atoms with Crippen molar-refractivity contribution in [2.45, 2.75) is 71.3 Å². The van der Waals surface area contributed by atoms with Crippen LogP contribution in [-0.2, 0) is 17.8 Å². The van der Waals surface area contributed by atoms with Gasteiger partial charge in [-0.1, -0.05) is 80.8 Å². The van der Waals surface area contributed by atoms with Gasteiger partial charge >= 0.3 is 0 Å². The molecule has 0 atom stereocenters. The molecule has 32 heavy (non-hydrogen) atoms. The van der Waals surface area contributed by atoms with E-state index in [1.54, 1.807) is 6.07 Å². The Balaban J connectivity index is 1.58. The second-order valence-electron chi connectivity index (χ2n) is 8.36. The number of nitrogens with zero attached hydrogens (tertiary/aromatic N) is 1. The summed E-state index contributed by atoms with van der Waals surface area (Å²) in [6.45, 7) is 3.61. The Bertz CT molecular complexity index is 887. The molecular formula is C26H33Cl2NO3. The van der Waals surface area contributed by atoms with Gasteiger partial charge in [-0.25, -0.2) is 0 Å². The third-order valence-electron chi connectivity index (χ3n) is 5.82. The van der Waals surface area contributed by atoms with Gasteiger partial charge in [0.15, 0.2) is 11.5 Å². The van der Waals surface area contributed by atoms with E-state index < -0.39 is 0 Å². The summed E-state index contributed by atoms with van der Waals surface area (Å²) in [7, 11) is 0. The number of amides is 1. The minimum absolute atomic E-state index is 0.182. The number of hydrogen-bond acceptors (Lipinski definition) is 3. The van der Waals surface area contributed by atoms with E-state index in [2.05, 4.69) is 6.92 Å². The molecule has 0 fully saturated rings. The molecule has 1 aliphatic rings. The Morgan fingerprint density at radius 1 is 0.938 bits per heavy atom. The number of carbonyl (C=O) groups is 1. The highest BCUT2D eigenvalue weighted by atomic mass is 35.5. The summed E-state index contributed by atoms with van der Waals surface area (Å²) < 4.78 is 10.9. The second-order valence-corrected chi connectivity index (χ2v) is 9.20. The van der Waals surface area contributed by atoms with Crippen LogP contribution in [0.5, 0.6) is 11.5 Å². The SMILES string of the molecule is CCCCCCCCCC(=O)N(CCc1ccc(Cl)cc1Cl)Cc1ccc2c(c1)OCO2. The van der Waals surface area contributed by atoms with Gasteiger partial charge in [-0.05, 0) is 48.2 Å². The lowest BCUT2D eigenvalue weighted by molar-refractivity contribution is -0.131. The molecule has 0 radical (unpaired) electrons. The first-order valence-corrected chi connectivity index (χ1v) is 12.4. The average Bonchev–Trinajstić information content (AvgIpc) is 3.24. The number of hydrogen-bond donors (Lipinski definition) is 0. The summed E-state index contributed by atoms with van der Waals surface area (Å²) in [5, 5.41) is 1.26. The fourth-order valence-corrected chi connectivity index (χ4v) is 4.43. The molecule has 0 bridgehead atoms. The summed E-state index contributed by atoms with van der Waals surface area (Å²) >= 11 is 12.4. The minimum atomic E-state index is 0.182. The lowest BCUT2D eigenvalue weighted by atomic mass is 10.1. The van der Waals surface area contributed by atoms with Crippen LogP contribution >= 0.6 is 23.2 Å². The summed E-state index contributed by atoms with van der Waals surface area (Å²) in [5.41, 5.74) is 2.03. The van der Waals surface area contributed by atoms with E-state index in [9.17, 15) is 4.79 Å². The number of unbranched alkanes of at least 4 members (excludes halogenated alkanes) is 6. The molecule has 2 aromatic carbocycles. The first-order chi connectivity index (χ1) is 15.6. The molecule has 0 saturated heterocycles. The molecule has 3 rings (SSSR count). The molecule has 0 N–H and O–H groups in total. The second kappa shape index (κ2) is 13.0.